The Labute approximate surface area is 83.9 Å². The van der Waals surface area contributed by atoms with Crippen LogP contribution in [0, 0.1) is 18.3 Å². The molecule has 0 aliphatic heterocycles. The van der Waals surface area contributed by atoms with Crippen molar-refractivity contribution >= 4 is 6.08 Å². The molecule has 0 saturated heterocycles. The smallest absolute Gasteiger partial charge is 0.143 e. The molecule has 0 amide bonds. The summed E-state index contributed by atoms with van der Waals surface area (Å²) in [5.74, 6) is 0. The van der Waals surface area contributed by atoms with Gasteiger partial charge in [0.15, 0.2) is 0 Å². The van der Waals surface area contributed by atoms with Crippen LogP contribution in [0.5, 0.6) is 0 Å². The number of rotatable bonds is 3. The van der Waals surface area contributed by atoms with Gasteiger partial charge in [0.2, 0.25) is 0 Å². The zero-order valence-corrected chi connectivity index (χ0v) is 8.20. The summed E-state index contributed by atoms with van der Waals surface area (Å²) in [7, 11) is 0. The van der Waals surface area contributed by atoms with Crippen molar-refractivity contribution in [3.63, 3.8) is 0 Å². The number of aryl methyl sites for hydroxylation is 1. The Hall–Kier alpha value is -1.66. The second-order valence-electron chi connectivity index (χ2n) is 3.03. The molecule has 0 atom stereocenters. The molecular formula is C11H13N3. The van der Waals surface area contributed by atoms with Gasteiger partial charge in [0.05, 0.1) is 0 Å². The van der Waals surface area contributed by atoms with E-state index in [4.69, 9.17) is 11.0 Å². The lowest BCUT2D eigenvalue weighted by Crippen LogP contribution is -1.95. The van der Waals surface area contributed by atoms with E-state index in [1.165, 1.54) is 0 Å². The van der Waals surface area contributed by atoms with E-state index in [1.54, 1.807) is 6.20 Å². The second-order valence-corrected chi connectivity index (χ2v) is 3.03. The highest BCUT2D eigenvalue weighted by molar-refractivity contribution is 5.50. The Bertz CT molecular complexity index is 375. The molecule has 2 N–H and O–H groups in total. The summed E-state index contributed by atoms with van der Waals surface area (Å²) in [5.41, 5.74) is 7.76. The van der Waals surface area contributed by atoms with Crippen LogP contribution in [0.15, 0.2) is 18.3 Å². The van der Waals surface area contributed by atoms with Gasteiger partial charge in [-0.3, -0.25) is 0 Å². The van der Waals surface area contributed by atoms with Gasteiger partial charge in [0, 0.05) is 6.20 Å². The Morgan fingerprint density at radius 2 is 2.43 bits per heavy atom. The summed E-state index contributed by atoms with van der Waals surface area (Å²) in [4.78, 5) is 4.03. The monoisotopic (exact) mass is 187 g/mol. The highest BCUT2D eigenvalue weighted by Crippen LogP contribution is 2.08. The molecule has 1 rings (SSSR count). The van der Waals surface area contributed by atoms with E-state index in [0.717, 1.165) is 17.5 Å². The third-order valence-electron chi connectivity index (χ3n) is 1.85. The van der Waals surface area contributed by atoms with E-state index in [9.17, 15) is 0 Å². The zero-order chi connectivity index (χ0) is 10.4. The SMILES string of the molecule is Cc1cc(C=CCCN)cnc1C#N. The molecule has 72 valence electrons. The summed E-state index contributed by atoms with van der Waals surface area (Å²) in [5, 5.41) is 8.68. The maximum Gasteiger partial charge on any atom is 0.143 e. The van der Waals surface area contributed by atoms with E-state index < -0.39 is 0 Å². The Balaban J connectivity index is 2.82. The maximum atomic E-state index is 8.68. The minimum Gasteiger partial charge on any atom is -0.330 e. The van der Waals surface area contributed by atoms with Crippen LogP contribution < -0.4 is 5.73 Å². The van der Waals surface area contributed by atoms with E-state index in [-0.39, 0.29) is 0 Å². The van der Waals surface area contributed by atoms with Gasteiger partial charge in [0.25, 0.3) is 0 Å². The van der Waals surface area contributed by atoms with Crippen LogP contribution in [0.2, 0.25) is 0 Å². The third-order valence-corrected chi connectivity index (χ3v) is 1.85. The molecule has 0 aliphatic rings. The summed E-state index contributed by atoms with van der Waals surface area (Å²) >= 11 is 0. The van der Waals surface area contributed by atoms with Gasteiger partial charge < -0.3 is 5.73 Å². The molecule has 14 heavy (non-hydrogen) atoms. The number of nitrogens with two attached hydrogens (primary N) is 1. The normalized spacial score (nSPS) is 10.4. The van der Waals surface area contributed by atoms with Crippen LogP contribution >= 0.6 is 0 Å². The molecule has 3 heteroatoms. The van der Waals surface area contributed by atoms with Gasteiger partial charge in [-0.2, -0.15) is 5.26 Å². The molecule has 1 aromatic heterocycles. The largest absolute Gasteiger partial charge is 0.330 e. The highest BCUT2D eigenvalue weighted by atomic mass is 14.7. The standard InChI is InChI=1S/C11H13N3/c1-9-6-10(4-2-3-5-12)8-14-11(9)7-13/h2,4,6,8H,3,5,12H2,1H3. The molecule has 0 aromatic carbocycles. The van der Waals surface area contributed by atoms with Gasteiger partial charge in [-0.05, 0) is 37.1 Å². The van der Waals surface area contributed by atoms with Crippen LogP contribution in [-0.2, 0) is 0 Å². The predicted molar refractivity (Wildman–Crippen MR) is 56.4 cm³/mol. The fourth-order valence-electron chi connectivity index (χ4n) is 1.12. The number of aromatic nitrogens is 1. The van der Waals surface area contributed by atoms with Crippen molar-refractivity contribution in [2.24, 2.45) is 5.73 Å². The van der Waals surface area contributed by atoms with Gasteiger partial charge in [-0.1, -0.05) is 12.2 Å². The van der Waals surface area contributed by atoms with Crippen molar-refractivity contribution in [2.75, 3.05) is 6.54 Å². The van der Waals surface area contributed by atoms with Crippen LogP contribution in [0.4, 0.5) is 0 Å². The topological polar surface area (TPSA) is 62.7 Å². The predicted octanol–water partition coefficient (Wildman–Crippen LogP) is 1.62. The molecule has 0 bridgehead atoms. The minimum atomic E-state index is 0.487. The molecule has 0 unspecified atom stereocenters. The fraction of sp³-hybridized carbons (Fsp3) is 0.273. The first kappa shape index (κ1) is 10.4. The van der Waals surface area contributed by atoms with Crippen LogP contribution in [0.1, 0.15) is 23.2 Å². The zero-order valence-electron chi connectivity index (χ0n) is 8.20. The number of hydrogen-bond acceptors (Lipinski definition) is 3. The Morgan fingerprint density at radius 1 is 1.64 bits per heavy atom. The van der Waals surface area contributed by atoms with E-state index in [1.807, 2.05) is 31.2 Å². The summed E-state index contributed by atoms with van der Waals surface area (Å²) in [6, 6.07) is 3.98. The van der Waals surface area contributed by atoms with Gasteiger partial charge in [0.1, 0.15) is 11.8 Å². The first-order valence-electron chi connectivity index (χ1n) is 4.51. The highest BCUT2D eigenvalue weighted by Gasteiger charge is 1.97. The van der Waals surface area contributed by atoms with Crippen molar-refractivity contribution < 1.29 is 0 Å². The molecule has 0 saturated carbocycles. The fourth-order valence-corrected chi connectivity index (χ4v) is 1.12. The van der Waals surface area contributed by atoms with E-state index in [2.05, 4.69) is 4.98 Å². The molecule has 1 aromatic rings. The average Bonchev–Trinajstić information content (AvgIpc) is 2.18. The summed E-state index contributed by atoms with van der Waals surface area (Å²) in [6.07, 6.45) is 6.52. The van der Waals surface area contributed by atoms with Gasteiger partial charge >= 0.3 is 0 Å². The number of hydrogen-bond donors (Lipinski definition) is 1. The molecule has 0 spiro atoms. The second kappa shape index (κ2) is 5.15. The van der Waals surface area contributed by atoms with Crippen LogP contribution in [0.25, 0.3) is 6.08 Å². The summed E-state index contributed by atoms with van der Waals surface area (Å²) < 4.78 is 0. The Morgan fingerprint density at radius 3 is 3.00 bits per heavy atom. The molecular weight excluding hydrogens is 174 g/mol. The summed E-state index contributed by atoms with van der Waals surface area (Å²) in [6.45, 7) is 2.53. The molecule has 1 heterocycles. The Kier molecular flexibility index (Phi) is 3.84. The lowest BCUT2D eigenvalue weighted by Gasteiger charge is -1.97. The molecule has 0 fully saturated rings. The average molecular weight is 187 g/mol. The van der Waals surface area contributed by atoms with Crippen molar-refractivity contribution in [2.45, 2.75) is 13.3 Å². The van der Waals surface area contributed by atoms with Gasteiger partial charge in [-0.25, -0.2) is 4.98 Å². The molecule has 0 aliphatic carbocycles. The lowest BCUT2D eigenvalue weighted by atomic mass is 10.1. The van der Waals surface area contributed by atoms with Crippen LogP contribution in [0.3, 0.4) is 0 Å². The quantitative estimate of drug-likeness (QED) is 0.782. The van der Waals surface area contributed by atoms with E-state index >= 15 is 0 Å². The van der Waals surface area contributed by atoms with Crippen molar-refractivity contribution in [3.05, 3.63) is 35.2 Å². The first-order valence-corrected chi connectivity index (χ1v) is 4.51. The van der Waals surface area contributed by atoms with Crippen molar-refractivity contribution in [1.29, 1.82) is 5.26 Å². The number of nitrogens with zero attached hydrogens (tertiary/aromatic N) is 2. The molecule has 0 radical (unpaired) electrons. The minimum absolute atomic E-state index is 0.487. The number of nitriles is 1. The van der Waals surface area contributed by atoms with Crippen molar-refractivity contribution in [1.82, 2.24) is 4.98 Å². The maximum absolute atomic E-state index is 8.68. The van der Waals surface area contributed by atoms with Gasteiger partial charge in [-0.15, -0.1) is 0 Å². The van der Waals surface area contributed by atoms with Crippen molar-refractivity contribution in [3.8, 4) is 6.07 Å². The van der Waals surface area contributed by atoms with E-state index in [0.29, 0.717) is 12.2 Å². The lowest BCUT2D eigenvalue weighted by molar-refractivity contribution is 1.01. The third kappa shape index (κ3) is 2.68. The molecule has 3 nitrogen and oxygen atoms in total. The van der Waals surface area contributed by atoms with Crippen LogP contribution in [-0.4, -0.2) is 11.5 Å². The first-order chi connectivity index (χ1) is 6.77. The number of pyridine rings is 1.